The summed E-state index contributed by atoms with van der Waals surface area (Å²) in [6, 6.07) is 4.01. The van der Waals surface area contributed by atoms with Crippen LogP contribution in [0.15, 0.2) is 16.6 Å². The van der Waals surface area contributed by atoms with Crippen molar-refractivity contribution in [1.82, 2.24) is 5.32 Å². The molecule has 0 atom stereocenters. The highest BCUT2D eigenvalue weighted by Gasteiger charge is 2.21. The molecule has 0 radical (unpaired) electrons. The molecule has 1 N–H and O–H groups in total. The summed E-state index contributed by atoms with van der Waals surface area (Å²) < 4.78 is 11.5. The molecule has 0 heterocycles. The Morgan fingerprint density at radius 3 is 1.88 bits per heavy atom. The molecule has 0 aliphatic heterocycles. The van der Waals surface area contributed by atoms with Gasteiger partial charge in [0.25, 0.3) is 0 Å². The van der Waals surface area contributed by atoms with Crippen molar-refractivity contribution in [3.05, 3.63) is 22.2 Å². The Morgan fingerprint density at radius 2 is 1.56 bits per heavy atom. The minimum atomic E-state index is -0.124. The van der Waals surface area contributed by atoms with E-state index in [4.69, 9.17) is 9.47 Å². The van der Waals surface area contributed by atoms with Crippen molar-refractivity contribution in [2.24, 2.45) is 0 Å². The summed E-state index contributed by atoms with van der Waals surface area (Å²) >= 11 is 3.45. The summed E-state index contributed by atoms with van der Waals surface area (Å²) in [6.07, 6.45) is 0. The lowest BCUT2D eigenvalue weighted by Gasteiger charge is -2.26. The Labute approximate surface area is 105 Å². The largest absolute Gasteiger partial charge is 0.495 e. The number of ether oxygens (including phenoxy) is 2. The highest BCUT2D eigenvalue weighted by molar-refractivity contribution is 9.10. The molecule has 16 heavy (non-hydrogen) atoms. The predicted molar refractivity (Wildman–Crippen MR) is 69.3 cm³/mol. The molecule has 0 saturated carbocycles. The van der Waals surface area contributed by atoms with Crippen LogP contribution < -0.4 is 14.8 Å². The number of methoxy groups -OCH3 is 2. The zero-order valence-electron chi connectivity index (χ0n) is 10.3. The first-order valence-corrected chi connectivity index (χ1v) is 5.86. The van der Waals surface area contributed by atoms with Crippen LogP contribution in [-0.2, 0) is 5.54 Å². The fourth-order valence-electron chi connectivity index (χ4n) is 1.37. The van der Waals surface area contributed by atoms with Crippen LogP contribution in [0.3, 0.4) is 0 Å². The average Bonchev–Trinajstić information content (AvgIpc) is 2.29. The van der Waals surface area contributed by atoms with E-state index >= 15 is 0 Å². The Bertz CT molecular complexity index is 352. The molecule has 4 heteroatoms. The van der Waals surface area contributed by atoms with Crippen LogP contribution in [0.1, 0.15) is 19.4 Å². The third kappa shape index (κ3) is 2.50. The molecule has 0 saturated heterocycles. The lowest BCUT2D eigenvalue weighted by atomic mass is 9.94. The highest BCUT2D eigenvalue weighted by atomic mass is 79.9. The lowest BCUT2D eigenvalue weighted by molar-refractivity contribution is 0.380. The van der Waals surface area contributed by atoms with Gasteiger partial charge < -0.3 is 14.8 Å². The van der Waals surface area contributed by atoms with Gasteiger partial charge in [-0.05, 0) is 54.5 Å². The Hall–Kier alpha value is -0.740. The van der Waals surface area contributed by atoms with E-state index in [0.717, 1.165) is 21.5 Å². The standard InChI is InChI=1S/C12H18BrNO2/c1-12(2,14-3)8-6-9(15-4)11(13)10(7-8)16-5/h6-7,14H,1-5H3. The van der Waals surface area contributed by atoms with Gasteiger partial charge in [-0.3, -0.25) is 0 Å². The number of nitrogens with one attached hydrogen (secondary N) is 1. The monoisotopic (exact) mass is 287 g/mol. The first-order valence-electron chi connectivity index (χ1n) is 5.07. The van der Waals surface area contributed by atoms with Crippen LogP contribution in [0.25, 0.3) is 0 Å². The molecule has 1 rings (SSSR count). The number of hydrogen-bond donors (Lipinski definition) is 1. The van der Waals surface area contributed by atoms with E-state index in [1.165, 1.54) is 0 Å². The summed E-state index contributed by atoms with van der Waals surface area (Å²) in [5.74, 6) is 1.55. The Morgan fingerprint density at radius 1 is 1.12 bits per heavy atom. The van der Waals surface area contributed by atoms with Crippen molar-refractivity contribution >= 4 is 15.9 Å². The van der Waals surface area contributed by atoms with Crippen LogP contribution in [0.2, 0.25) is 0 Å². The summed E-state index contributed by atoms with van der Waals surface area (Å²) in [6.45, 7) is 4.21. The van der Waals surface area contributed by atoms with Crippen LogP contribution >= 0.6 is 15.9 Å². The van der Waals surface area contributed by atoms with Gasteiger partial charge >= 0.3 is 0 Å². The fourth-order valence-corrected chi connectivity index (χ4v) is 1.93. The van der Waals surface area contributed by atoms with E-state index in [-0.39, 0.29) is 5.54 Å². The molecule has 0 aromatic heterocycles. The van der Waals surface area contributed by atoms with Crippen molar-refractivity contribution in [2.45, 2.75) is 19.4 Å². The number of halogens is 1. The molecule has 1 aromatic rings. The first kappa shape index (κ1) is 13.3. The van der Waals surface area contributed by atoms with Gasteiger partial charge in [-0.25, -0.2) is 0 Å². The van der Waals surface area contributed by atoms with Crippen molar-refractivity contribution in [3.8, 4) is 11.5 Å². The smallest absolute Gasteiger partial charge is 0.137 e. The van der Waals surface area contributed by atoms with Gasteiger partial charge in [0.2, 0.25) is 0 Å². The molecule has 1 aromatic carbocycles. The van der Waals surface area contributed by atoms with Gasteiger partial charge in [-0.2, -0.15) is 0 Å². The van der Waals surface area contributed by atoms with Crippen molar-refractivity contribution < 1.29 is 9.47 Å². The van der Waals surface area contributed by atoms with Gasteiger partial charge in [0.15, 0.2) is 0 Å². The maximum absolute atomic E-state index is 5.31. The second kappa shape index (κ2) is 5.06. The molecule has 90 valence electrons. The molecule has 0 bridgehead atoms. The summed E-state index contributed by atoms with van der Waals surface area (Å²) in [7, 11) is 5.23. The minimum Gasteiger partial charge on any atom is -0.495 e. The van der Waals surface area contributed by atoms with E-state index < -0.39 is 0 Å². The summed E-state index contributed by atoms with van der Waals surface area (Å²) in [5, 5.41) is 3.25. The van der Waals surface area contributed by atoms with Crippen molar-refractivity contribution in [2.75, 3.05) is 21.3 Å². The minimum absolute atomic E-state index is 0.124. The normalized spacial score (nSPS) is 11.4. The lowest BCUT2D eigenvalue weighted by Crippen LogP contribution is -2.33. The summed E-state index contributed by atoms with van der Waals surface area (Å²) in [5.41, 5.74) is 0.994. The van der Waals surface area contributed by atoms with Gasteiger partial charge in [0.05, 0.1) is 14.2 Å². The predicted octanol–water partition coefficient (Wildman–Crippen LogP) is 2.92. The molecule has 3 nitrogen and oxygen atoms in total. The van der Waals surface area contributed by atoms with Crippen molar-refractivity contribution in [1.29, 1.82) is 0 Å². The van der Waals surface area contributed by atoms with Gasteiger partial charge in [-0.1, -0.05) is 0 Å². The molecular weight excluding hydrogens is 270 g/mol. The second-order valence-electron chi connectivity index (χ2n) is 4.07. The Kier molecular flexibility index (Phi) is 4.21. The molecule has 0 fully saturated rings. The van der Waals surface area contributed by atoms with Crippen molar-refractivity contribution in [3.63, 3.8) is 0 Å². The van der Waals surface area contributed by atoms with E-state index in [0.29, 0.717) is 0 Å². The Balaban J connectivity index is 3.32. The first-order chi connectivity index (χ1) is 7.46. The van der Waals surface area contributed by atoms with E-state index in [1.54, 1.807) is 14.2 Å². The van der Waals surface area contributed by atoms with Crippen LogP contribution in [0.5, 0.6) is 11.5 Å². The maximum atomic E-state index is 5.31. The van der Waals surface area contributed by atoms with E-state index in [1.807, 2.05) is 19.2 Å². The number of rotatable bonds is 4. The SMILES string of the molecule is CNC(C)(C)c1cc(OC)c(Br)c(OC)c1. The van der Waals surface area contributed by atoms with E-state index in [2.05, 4.69) is 35.1 Å². The molecule has 0 unspecified atom stereocenters. The molecule has 0 aliphatic carbocycles. The quantitative estimate of drug-likeness (QED) is 0.924. The highest BCUT2D eigenvalue weighted by Crippen LogP contribution is 2.38. The second-order valence-corrected chi connectivity index (χ2v) is 4.86. The third-order valence-electron chi connectivity index (χ3n) is 2.79. The van der Waals surface area contributed by atoms with E-state index in [9.17, 15) is 0 Å². The maximum Gasteiger partial charge on any atom is 0.137 e. The van der Waals surface area contributed by atoms with Gasteiger partial charge in [0.1, 0.15) is 16.0 Å². The molecule has 0 amide bonds. The number of benzene rings is 1. The van der Waals surface area contributed by atoms with Gasteiger partial charge in [0, 0.05) is 5.54 Å². The molecule has 0 aliphatic rings. The molecule has 0 spiro atoms. The third-order valence-corrected chi connectivity index (χ3v) is 3.57. The zero-order valence-corrected chi connectivity index (χ0v) is 11.9. The average molecular weight is 288 g/mol. The zero-order chi connectivity index (χ0) is 12.3. The van der Waals surface area contributed by atoms with Crippen LogP contribution in [0, 0.1) is 0 Å². The topological polar surface area (TPSA) is 30.5 Å². The number of hydrogen-bond acceptors (Lipinski definition) is 3. The summed E-state index contributed by atoms with van der Waals surface area (Å²) in [4.78, 5) is 0. The fraction of sp³-hybridized carbons (Fsp3) is 0.500. The van der Waals surface area contributed by atoms with Crippen LogP contribution in [0.4, 0.5) is 0 Å². The molecular formula is C12H18BrNO2. The van der Waals surface area contributed by atoms with Gasteiger partial charge in [-0.15, -0.1) is 0 Å². The van der Waals surface area contributed by atoms with Crippen LogP contribution in [-0.4, -0.2) is 21.3 Å².